The third-order valence-corrected chi connectivity index (χ3v) is 6.34. The van der Waals surface area contributed by atoms with Crippen molar-refractivity contribution in [3.8, 4) is 0 Å². The summed E-state index contributed by atoms with van der Waals surface area (Å²) < 4.78 is 20.2. The molecule has 3 aromatic heterocycles. The molecule has 1 atom stereocenters. The number of amides is 3. The van der Waals surface area contributed by atoms with Crippen molar-refractivity contribution in [2.75, 3.05) is 26.5 Å². The molecule has 0 radical (unpaired) electrons. The van der Waals surface area contributed by atoms with E-state index in [1.165, 1.54) is 27.7 Å². The molecular weight excluding hydrogens is 557 g/mol. The van der Waals surface area contributed by atoms with Crippen LogP contribution in [-0.2, 0) is 27.3 Å². The number of hydrogen-bond acceptors (Lipinski definition) is 7. The predicted octanol–water partition coefficient (Wildman–Crippen LogP) is 3.25. The van der Waals surface area contributed by atoms with Gasteiger partial charge in [-0.1, -0.05) is 31.5 Å². The Kier molecular flexibility index (Phi) is 10.6. The second kappa shape index (κ2) is 13.9. The molecule has 1 unspecified atom stereocenters. The van der Waals surface area contributed by atoms with E-state index in [1.54, 1.807) is 20.2 Å². The molecule has 0 fully saturated rings. The fraction of sp³-hybridized carbons (Fsp3) is 0.407. The van der Waals surface area contributed by atoms with Crippen LogP contribution in [0.5, 0.6) is 0 Å². The van der Waals surface area contributed by atoms with E-state index in [-0.39, 0.29) is 53.4 Å². The van der Waals surface area contributed by atoms with Crippen molar-refractivity contribution in [3.63, 3.8) is 0 Å². The number of nitrogens with one attached hydrogen (secondary N) is 3. The number of fused-ring (bicyclic) bond motifs is 1. The normalized spacial score (nSPS) is 12.1. The molecule has 0 aromatic carbocycles. The van der Waals surface area contributed by atoms with E-state index in [9.17, 15) is 23.6 Å². The smallest absolute Gasteiger partial charge is 0.407 e. The van der Waals surface area contributed by atoms with E-state index in [1.807, 2.05) is 13.8 Å². The van der Waals surface area contributed by atoms with Gasteiger partial charge < -0.3 is 25.3 Å². The van der Waals surface area contributed by atoms with Crippen molar-refractivity contribution in [1.82, 2.24) is 29.7 Å². The van der Waals surface area contributed by atoms with Crippen molar-refractivity contribution in [3.05, 3.63) is 63.3 Å². The molecule has 3 aromatic rings. The highest BCUT2D eigenvalue weighted by Crippen LogP contribution is 2.21. The molecule has 3 rings (SSSR count). The molecule has 0 aliphatic rings. The molecule has 0 aliphatic heterocycles. The highest BCUT2D eigenvalue weighted by Gasteiger charge is 2.23. The molecular formula is C27H33ClFN7O5. The van der Waals surface area contributed by atoms with Crippen LogP contribution in [0.25, 0.3) is 11.0 Å². The van der Waals surface area contributed by atoms with Gasteiger partial charge in [0.1, 0.15) is 28.2 Å². The maximum Gasteiger partial charge on any atom is 0.407 e. The van der Waals surface area contributed by atoms with Crippen LogP contribution in [0.2, 0.25) is 5.15 Å². The van der Waals surface area contributed by atoms with E-state index < -0.39 is 29.4 Å². The minimum absolute atomic E-state index is 0.0642. The Bertz CT molecular complexity index is 1520. The van der Waals surface area contributed by atoms with Gasteiger partial charge in [-0.15, -0.1) is 0 Å². The fourth-order valence-electron chi connectivity index (χ4n) is 3.91. The SMILES string of the molecule is COC(=O)NC(CC/C=C/C(=O)N(C)C)C(=O)Nc1ccc(Cl)n(Cc2nc3c(F)cnc(CC(C)C)c3[nH]2)c1=O. The first-order chi connectivity index (χ1) is 19.4. The van der Waals surface area contributed by atoms with Crippen molar-refractivity contribution in [2.24, 2.45) is 5.92 Å². The monoisotopic (exact) mass is 589 g/mol. The van der Waals surface area contributed by atoms with Crippen LogP contribution in [0.15, 0.2) is 35.3 Å². The van der Waals surface area contributed by atoms with Crippen LogP contribution >= 0.6 is 11.6 Å². The molecule has 14 heteroatoms. The summed E-state index contributed by atoms with van der Waals surface area (Å²) in [6, 6.07) is 1.69. The summed E-state index contributed by atoms with van der Waals surface area (Å²) in [6.45, 7) is 3.90. The number of H-pyrrole nitrogens is 1. The Morgan fingerprint density at radius 3 is 2.66 bits per heavy atom. The number of alkyl carbamates (subject to hydrolysis) is 1. The van der Waals surface area contributed by atoms with Crippen LogP contribution in [0.3, 0.4) is 0 Å². The van der Waals surface area contributed by atoms with Gasteiger partial charge in [0, 0.05) is 14.1 Å². The number of carbonyl (C=O) groups excluding carboxylic acids is 3. The second-order valence-corrected chi connectivity index (χ2v) is 10.3. The summed E-state index contributed by atoms with van der Waals surface area (Å²) in [5.41, 5.74) is 0.469. The van der Waals surface area contributed by atoms with Crippen molar-refractivity contribution in [1.29, 1.82) is 0 Å². The molecule has 0 aliphatic carbocycles. The Balaban J connectivity index is 1.83. The minimum atomic E-state index is -1.07. The molecule has 3 amide bonds. The Hall–Kier alpha value is -4.26. The fourth-order valence-corrected chi connectivity index (χ4v) is 4.11. The number of imidazole rings is 1. The minimum Gasteiger partial charge on any atom is -0.453 e. The predicted molar refractivity (Wildman–Crippen MR) is 152 cm³/mol. The first-order valence-electron chi connectivity index (χ1n) is 12.9. The van der Waals surface area contributed by atoms with Gasteiger partial charge in [-0.05, 0) is 43.4 Å². The molecule has 3 N–H and O–H groups in total. The standard InChI is InChI=1S/C27H33ClFN7O5/c1-15(2)12-19-24-23(16(29)13-30-19)33-21(34-24)14-36-20(28)11-10-18(26(36)39)31-25(38)17(32-27(40)41-5)8-6-7-9-22(37)35(3)4/h7,9-11,13,15,17H,6,8,12,14H2,1-5H3,(H,31,38)(H,32,40)(H,33,34)/b9-7+. The van der Waals surface area contributed by atoms with Gasteiger partial charge in [0.15, 0.2) is 5.82 Å². The van der Waals surface area contributed by atoms with Crippen LogP contribution < -0.4 is 16.2 Å². The topological polar surface area (TPSA) is 151 Å². The van der Waals surface area contributed by atoms with Gasteiger partial charge in [0.25, 0.3) is 5.56 Å². The van der Waals surface area contributed by atoms with Gasteiger partial charge in [0.05, 0.1) is 31.1 Å². The van der Waals surface area contributed by atoms with Crippen LogP contribution in [-0.4, -0.2) is 69.6 Å². The maximum absolute atomic E-state index is 14.5. The number of pyridine rings is 2. The van der Waals surface area contributed by atoms with Crippen molar-refractivity contribution < 1.29 is 23.5 Å². The number of carbonyl (C=O) groups is 3. The van der Waals surface area contributed by atoms with E-state index in [0.717, 1.165) is 13.3 Å². The van der Waals surface area contributed by atoms with Crippen LogP contribution in [0.1, 0.15) is 38.2 Å². The first-order valence-corrected chi connectivity index (χ1v) is 13.2. The lowest BCUT2D eigenvalue weighted by Crippen LogP contribution is -2.44. The molecule has 0 saturated carbocycles. The summed E-state index contributed by atoms with van der Waals surface area (Å²) in [4.78, 5) is 62.9. The van der Waals surface area contributed by atoms with E-state index in [4.69, 9.17) is 11.6 Å². The lowest BCUT2D eigenvalue weighted by Gasteiger charge is -2.17. The zero-order valence-electron chi connectivity index (χ0n) is 23.5. The quantitative estimate of drug-likeness (QED) is 0.229. The molecule has 41 heavy (non-hydrogen) atoms. The number of aromatic nitrogens is 4. The highest BCUT2D eigenvalue weighted by atomic mass is 35.5. The summed E-state index contributed by atoms with van der Waals surface area (Å²) >= 11 is 6.31. The van der Waals surface area contributed by atoms with E-state index >= 15 is 0 Å². The second-order valence-electron chi connectivity index (χ2n) is 9.91. The van der Waals surface area contributed by atoms with Gasteiger partial charge in [-0.3, -0.25) is 23.9 Å². The summed E-state index contributed by atoms with van der Waals surface area (Å²) in [5, 5.41) is 5.02. The largest absolute Gasteiger partial charge is 0.453 e. The zero-order valence-corrected chi connectivity index (χ0v) is 24.2. The Morgan fingerprint density at radius 1 is 1.27 bits per heavy atom. The average molecular weight is 590 g/mol. The maximum atomic E-state index is 14.5. The third kappa shape index (κ3) is 8.13. The van der Waals surface area contributed by atoms with Crippen LogP contribution in [0, 0.1) is 11.7 Å². The number of halogens is 2. The molecule has 12 nitrogen and oxygen atoms in total. The molecule has 0 spiro atoms. The van der Waals surface area contributed by atoms with Gasteiger partial charge in [-0.2, -0.15) is 0 Å². The molecule has 0 saturated heterocycles. The number of anilines is 1. The number of allylic oxidation sites excluding steroid dienone is 1. The summed E-state index contributed by atoms with van der Waals surface area (Å²) in [5.74, 6) is -0.959. The Labute approximate surface area is 240 Å². The first kappa shape index (κ1) is 31.3. The summed E-state index contributed by atoms with van der Waals surface area (Å²) in [6.07, 6.45) is 4.22. The molecule has 220 valence electrons. The molecule has 0 bridgehead atoms. The number of rotatable bonds is 11. The number of likely N-dealkylation sites (N-methyl/N-ethyl adjacent to an activating group) is 1. The van der Waals surface area contributed by atoms with Crippen LogP contribution in [0.4, 0.5) is 14.9 Å². The summed E-state index contributed by atoms with van der Waals surface area (Å²) in [7, 11) is 4.37. The zero-order chi connectivity index (χ0) is 30.3. The number of ether oxygens (including phenoxy) is 1. The lowest BCUT2D eigenvalue weighted by molar-refractivity contribution is -0.123. The number of aromatic amines is 1. The number of methoxy groups -OCH3 is 1. The van der Waals surface area contributed by atoms with Crippen molar-refractivity contribution in [2.45, 2.75) is 45.7 Å². The van der Waals surface area contributed by atoms with Gasteiger partial charge in [0.2, 0.25) is 11.8 Å². The highest BCUT2D eigenvalue weighted by molar-refractivity contribution is 6.29. The lowest BCUT2D eigenvalue weighted by atomic mass is 10.1. The van der Waals surface area contributed by atoms with E-state index in [0.29, 0.717) is 17.6 Å². The van der Waals surface area contributed by atoms with Gasteiger partial charge >= 0.3 is 6.09 Å². The average Bonchev–Trinajstić information content (AvgIpc) is 3.36. The molecule has 3 heterocycles. The number of nitrogens with zero attached hydrogens (tertiary/aromatic N) is 4. The van der Waals surface area contributed by atoms with Gasteiger partial charge in [-0.25, -0.2) is 14.2 Å². The third-order valence-electron chi connectivity index (χ3n) is 6.01. The number of hydrogen-bond donors (Lipinski definition) is 3. The van der Waals surface area contributed by atoms with E-state index in [2.05, 4.69) is 30.3 Å². The Morgan fingerprint density at radius 2 is 2.00 bits per heavy atom. The van der Waals surface area contributed by atoms with Crippen molar-refractivity contribution >= 4 is 46.2 Å².